The van der Waals surface area contributed by atoms with Crippen molar-refractivity contribution in [2.45, 2.75) is 90.8 Å². The summed E-state index contributed by atoms with van der Waals surface area (Å²) in [5.41, 5.74) is 5.05. The summed E-state index contributed by atoms with van der Waals surface area (Å²) in [5.74, 6) is 2.16. The molecule has 1 N–H and O–H groups in total. The number of fused-ring (bicyclic) bond motifs is 1. The summed E-state index contributed by atoms with van der Waals surface area (Å²) >= 11 is 6.27. The van der Waals surface area contributed by atoms with Crippen molar-refractivity contribution in [3.8, 4) is 11.5 Å². The monoisotopic (exact) mass is 633 g/mol. The lowest BCUT2D eigenvalue weighted by atomic mass is 9.86. The number of halogens is 1. The fourth-order valence-corrected chi connectivity index (χ4v) is 6.23. The zero-order valence-electron chi connectivity index (χ0n) is 28.2. The largest absolute Gasteiger partial charge is 0.493 e. The van der Waals surface area contributed by atoms with Crippen molar-refractivity contribution in [2.24, 2.45) is 5.92 Å². The van der Waals surface area contributed by atoms with Crippen LogP contribution in [0.15, 0.2) is 60.7 Å². The van der Waals surface area contributed by atoms with E-state index in [9.17, 15) is 4.79 Å². The predicted molar refractivity (Wildman–Crippen MR) is 188 cm³/mol. The molecule has 1 heterocycles. The number of rotatable bonds is 10. The Labute approximate surface area is 276 Å². The Morgan fingerprint density at radius 3 is 2.20 bits per heavy atom. The first kappa shape index (κ1) is 34.6. The molecule has 5 rings (SSSR count). The van der Waals surface area contributed by atoms with Crippen LogP contribution in [0.5, 0.6) is 11.5 Å². The van der Waals surface area contributed by atoms with E-state index in [0.29, 0.717) is 29.0 Å². The molecule has 0 radical (unpaired) electrons. The van der Waals surface area contributed by atoms with Crippen LogP contribution in [0, 0.1) is 5.92 Å². The molecule has 3 aromatic carbocycles. The highest BCUT2D eigenvalue weighted by Gasteiger charge is 2.36. The van der Waals surface area contributed by atoms with Gasteiger partial charge in [-0.3, -0.25) is 4.79 Å². The molecular formula is C38H52ClN3O3. The highest BCUT2D eigenvalue weighted by molar-refractivity contribution is 6.30. The Bertz CT molecular complexity index is 1370. The van der Waals surface area contributed by atoms with Gasteiger partial charge in [0, 0.05) is 36.0 Å². The van der Waals surface area contributed by atoms with Gasteiger partial charge in [-0.25, -0.2) is 0 Å². The van der Waals surface area contributed by atoms with Crippen LogP contribution in [-0.4, -0.2) is 45.8 Å². The SMILES string of the molecule is CC[C@@H](C)Oc1cc2c(cc1OC)CC(=O)N(c1ccc(N(C)CC3CCCCC3)cc1)C2c1ccc(Cl)cc1.CNC(C)C. The molecule has 7 heteroatoms. The van der Waals surface area contributed by atoms with Crippen molar-refractivity contribution in [2.75, 3.05) is 37.5 Å². The van der Waals surface area contributed by atoms with E-state index in [0.717, 1.165) is 41.3 Å². The molecule has 6 nitrogen and oxygen atoms in total. The number of amides is 1. The molecule has 2 atom stereocenters. The van der Waals surface area contributed by atoms with E-state index in [1.807, 2.05) is 42.3 Å². The minimum atomic E-state index is -0.315. The smallest absolute Gasteiger partial charge is 0.232 e. The van der Waals surface area contributed by atoms with E-state index in [4.69, 9.17) is 21.1 Å². The van der Waals surface area contributed by atoms with Gasteiger partial charge < -0.3 is 24.6 Å². The van der Waals surface area contributed by atoms with Crippen LogP contribution in [0.2, 0.25) is 5.02 Å². The van der Waals surface area contributed by atoms with Crippen LogP contribution in [0.3, 0.4) is 0 Å². The molecule has 3 aromatic rings. The second-order valence-corrected chi connectivity index (χ2v) is 13.2. The van der Waals surface area contributed by atoms with Crippen LogP contribution in [0.4, 0.5) is 11.4 Å². The third kappa shape index (κ3) is 8.95. The Hall–Kier alpha value is -3.22. The highest BCUT2D eigenvalue weighted by Crippen LogP contribution is 2.44. The van der Waals surface area contributed by atoms with Gasteiger partial charge in [0.05, 0.1) is 25.7 Å². The van der Waals surface area contributed by atoms with Crippen LogP contribution in [0.25, 0.3) is 0 Å². The van der Waals surface area contributed by atoms with Crippen molar-refractivity contribution in [3.05, 3.63) is 82.4 Å². The Kier molecular flexibility index (Phi) is 12.6. The first-order valence-corrected chi connectivity index (χ1v) is 17.0. The van der Waals surface area contributed by atoms with Gasteiger partial charge in [-0.2, -0.15) is 0 Å². The third-order valence-corrected chi connectivity index (χ3v) is 9.33. The zero-order chi connectivity index (χ0) is 32.5. The van der Waals surface area contributed by atoms with Crippen molar-refractivity contribution in [3.63, 3.8) is 0 Å². The molecule has 1 unspecified atom stereocenters. The fourth-order valence-electron chi connectivity index (χ4n) is 6.11. The van der Waals surface area contributed by atoms with E-state index in [1.54, 1.807) is 7.11 Å². The normalized spacial score (nSPS) is 17.3. The van der Waals surface area contributed by atoms with Crippen LogP contribution < -0.4 is 24.6 Å². The second kappa shape index (κ2) is 16.4. The standard InChI is InChI=1S/C34H41ClN2O3.C4H11N/c1-5-23(2)40-32-21-30-26(19-31(32)39-4)20-33(38)37(34(30)25-11-13-27(35)14-12-25)29-17-15-28(16-18-29)36(3)22-24-9-7-6-8-10-24;1-4(2)5-3/h11-19,21,23-24,34H,5-10,20,22H2,1-4H3;4-5H,1-3H3/t23-,34?;/m1./s1. The molecule has 0 spiro atoms. The maximum atomic E-state index is 13.8. The number of methoxy groups -OCH3 is 1. The number of benzene rings is 3. The van der Waals surface area contributed by atoms with E-state index in [-0.39, 0.29) is 18.1 Å². The molecule has 244 valence electrons. The number of hydrogen-bond acceptors (Lipinski definition) is 5. The van der Waals surface area contributed by atoms with E-state index in [2.05, 4.69) is 75.3 Å². The van der Waals surface area contributed by atoms with Gasteiger partial charge >= 0.3 is 0 Å². The Balaban J connectivity index is 0.000000854. The second-order valence-electron chi connectivity index (χ2n) is 12.8. The van der Waals surface area contributed by atoms with Crippen LogP contribution in [-0.2, 0) is 11.2 Å². The lowest BCUT2D eigenvalue weighted by Crippen LogP contribution is -2.41. The molecule has 0 aromatic heterocycles. The molecular weight excluding hydrogens is 582 g/mol. The van der Waals surface area contributed by atoms with Crippen LogP contribution in [0.1, 0.15) is 89.0 Å². The van der Waals surface area contributed by atoms with E-state index < -0.39 is 0 Å². The molecule has 0 saturated heterocycles. The summed E-state index contributed by atoms with van der Waals surface area (Å²) in [4.78, 5) is 18.1. The van der Waals surface area contributed by atoms with E-state index >= 15 is 0 Å². The number of nitrogens with zero attached hydrogens (tertiary/aromatic N) is 2. The van der Waals surface area contributed by atoms with Gasteiger partial charge in [-0.1, -0.05) is 63.8 Å². The maximum absolute atomic E-state index is 13.8. The van der Waals surface area contributed by atoms with Crippen molar-refractivity contribution < 1.29 is 14.3 Å². The van der Waals surface area contributed by atoms with Gasteiger partial charge in [-0.05, 0) is 104 Å². The van der Waals surface area contributed by atoms with Gasteiger partial charge in [0.15, 0.2) is 11.5 Å². The minimum Gasteiger partial charge on any atom is -0.493 e. The van der Waals surface area contributed by atoms with Crippen molar-refractivity contribution in [1.29, 1.82) is 0 Å². The molecule has 1 aliphatic heterocycles. The van der Waals surface area contributed by atoms with Crippen LogP contribution >= 0.6 is 11.6 Å². The molecule has 1 amide bonds. The highest BCUT2D eigenvalue weighted by atomic mass is 35.5. The Morgan fingerprint density at radius 1 is 0.978 bits per heavy atom. The van der Waals surface area contributed by atoms with Gasteiger partial charge in [0.2, 0.25) is 5.91 Å². The number of carbonyl (C=O) groups excluding carboxylic acids is 1. The van der Waals surface area contributed by atoms with Crippen molar-refractivity contribution >= 4 is 28.9 Å². The number of ether oxygens (including phenoxy) is 2. The van der Waals surface area contributed by atoms with Crippen molar-refractivity contribution in [1.82, 2.24) is 5.32 Å². The Morgan fingerprint density at radius 2 is 1.62 bits per heavy atom. The van der Waals surface area contributed by atoms with E-state index in [1.165, 1.54) is 37.8 Å². The predicted octanol–water partition coefficient (Wildman–Crippen LogP) is 8.84. The summed E-state index contributed by atoms with van der Waals surface area (Å²) in [6, 6.07) is 20.6. The summed E-state index contributed by atoms with van der Waals surface area (Å²) in [6.07, 6.45) is 7.92. The first-order chi connectivity index (χ1) is 21.6. The number of anilines is 2. The lowest BCUT2D eigenvalue weighted by molar-refractivity contribution is -0.118. The summed E-state index contributed by atoms with van der Waals surface area (Å²) in [6.45, 7) is 9.45. The molecule has 1 saturated carbocycles. The summed E-state index contributed by atoms with van der Waals surface area (Å²) in [5, 5.41) is 3.69. The quantitative estimate of drug-likeness (QED) is 0.242. The number of carbonyl (C=O) groups is 1. The molecule has 1 fully saturated rings. The fraction of sp³-hybridized carbons (Fsp3) is 0.500. The average molecular weight is 634 g/mol. The molecule has 0 bridgehead atoms. The average Bonchev–Trinajstić information content (AvgIpc) is 3.05. The summed E-state index contributed by atoms with van der Waals surface area (Å²) < 4.78 is 12.0. The molecule has 2 aliphatic rings. The van der Waals surface area contributed by atoms with Gasteiger partial charge in [-0.15, -0.1) is 0 Å². The molecule has 45 heavy (non-hydrogen) atoms. The topological polar surface area (TPSA) is 54.0 Å². The molecule has 1 aliphatic carbocycles. The maximum Gasteiger partial charge on any atom is 0.232 e. The minimum absolute atomic E-state index is 0.0420. The number of nitrogens with one attached hydrogen (secondary N) is 1. The van der Waals surface area contributed by atoms with Gasteiger partial charge in [0.1, 0.15) is 0 Å². The zero-order valence-corrected chi connectivity index (χ0v) is 29.0. The third-order valence-electron chi connectivity index (χ3n) is 9.08. The summed E-state index contributed by atoms with van der Waals surface area (Å²) in [7, 11) is 5.77. The lowest BCUT2D eigenvalue weighted by Gasteiger charge is -2.38. The number of hydrogen-bond donors (Lipinski definition) is 1. The first-order valence-electron chi connectivity index (χ1n) is 16.6. The van der Waals surface area contributed by atoms with Gasteiger partial charge in [0.25, 0.3) is 0 Å².